The van der Waals surface area contributed by atoms with Gasteiger partial charge in [-0.3, -0.25) is 4.98 Å². The van der Waals surface area contributed by atoms with E-state index < -0.39 is 10.0 Å². The van der Waals surface area contributed by atoms with E-state index in [1.807, 2.05) is 12.3 Å². The van der Waals surface area contributed by atoms with Gasteiger partial charge >= 0.3 is 0 Å². The molecule has 1 aromatic heterocycles. The minimum atomic E-state index is -3.14. The highest BCUT2D eigenvalue weighted by atomic mass is 32.2. The Labute approximate surface area is 137 Å². The molecule has 3 heterocycles. The number of pyridine rings is 1. The van der Waals surface area contributed by atoms with Gasteiger partial charge in [0.2, 0.25) is 10.0 Å². The predicted octanol–water partition coefficient (Wildman–Crippen LogP) is 1.24. The summed E-state index contributed by atoms with van der Waals surface area (Å²) in [7, 11) is -3.14. The van der Waals surface area contributed by atoms with Gasteiger partial charge < -0.3 is 9.64 Å². The average Bonchev–Trinajstić information content (AvgIpc) is 3.42. The quantitative estimate of drug-likeness (QED) is 0.830. The molecule has 6 nitrogen and oxygen atoms in total. The zero-order chi connectivity index (χ0) is 15.9. The Morgan fingerprint density at radius 1 is 1.13 bits per heavy atom. The Balaban J connectivity index is 1.53. The summed E-state index contributed by atoms with van der Waals surface area (Å²) in [4.78, 5) is 6.48. The highest BCUT2D eigenvalue weighted by Crippen LogP contribution is 2.35. The van der Waals surface area contributed by atoms with Crippen LogP contribution in [-0.4, -0.2) is 61.3 Å². The molecule has 23 heavy (non-hydrogen) atoms. The summed E-state index contributed by atoms with van der Waals surface area (Å²) in [5, 5.41) is -0.140. The van der Waals surface area contributed by atoms with Crippen molar-refractivity contribution in [1.29, 1.82) is 0 Å². The number of fused-ring (bicyclic) bond motifs is 1. The third kappa shape index (κ3) is 2.97. The lowest BCUT2D eigenvalue weighted by atomic mass is 10.0. The van der Waals surface area contributed by atoms with Gasteiger partial charge in [-0.2, -0.15) is 4.31 Å². The predicted molar refractivity (Wildman–Crippen MR) is 87.9 cm³/mol. The number of hydrogen-bond donors (Lipinski definition) is 0. The van der Waals surface area contributed by atoms with Gasteiger partial charge in [0.05, 0.1) is 35.9 Å². The molecular formula is C16H23N3O3S. The van der Waals surface area contributed by atoms with Crippen molar-refractivity contribution in [1.82, 2.24) is 9.29 Å². The molecule has 0 aromatic carbocycles. The molecule has 0 N–H and O–H groups in total. The number of sulfonamides is 1. The Morgan fingerprint density at radius 2 is 1.96 bits per heavy atom. The molecule has 2 atom stereocenters. The van der Waals surface area contributed by atoms with Crippen LogP contribution in [0.25, 0.3) is 0 Å². The summed E-state index contributed by atoms with van der Waals surface area (Å²) in [5.74, 6) is 0. The monoisotopic (exact) mass is 337 g/mol. The first kappa shape index (κ1) is 15.4. The van der Waals surface area contributed by atoms with E-state index in [9.17, 15) is 8.42 Å². The van der Waals surface area contributed by atoms with Crippen molar-refractivity contribution in [2.45, 2.75) is 43.1 Å². The van der Waals surface area contributed by atoms with Crippen molar-refractivity contribution in [3.8, 4) is 0 Å². The fourth-order valence-electron chi connectivity index (χ4n) is 3.72. The lowest BCUT2D eigenvalue weighted by molar-refractivity contribution is -0.0406. The molecule has 3 fully saturated rings. The fourth-order valence-corrected chi connectivity index (χ4v) is 5.78. The molecule has 0 bridgehead atoms. The van der Waals surface area contributed by atoms with Crippen molar-refractivity contribution < 1.29 is 13.2 Å². The highest BCUT2D eigenvalue weighted by Gasteiger charge is 2.46. The third-order valence-corrected chi connectivity index (χ3v) is 7.53. The number of anilines is 1. The van der Waals surface area contributed by atoms with Gasteiger partial charge in [-0.25, -0.2) is 8.42 Å². The van der Waals surface area contributed by atoms with E-state index in [4.69, 9.17) is 4.74 Å². The molecular weight excluding hydrogens is 314 g/mol. The first-order chi connectivity index (χ1) is 11.2. The number of ether oxygens (including phenoxy) is 1. The standard InChI is InChI=1S/C16H23N3O3S/c20-23(21,14-3-4-14)19-10-11-22-16-6-9-18(8-5-15(16)19)13-2-1-7-17-12-13/h1-2,7,12,14-16H,3-6,8-11H2/t15-,16+/m1/s1. The molecule has 126 valence electrons. The van der Waals surface area contributed by atoms with Crippen molar-refractivity contribution in [2.75, 3.05) is 31.1 Å². The number of rotatable bonds is 3. The zero-order valence-corrected chi connectivity index (χ0v) is 14.0. The summed E-state index contributed by atoms with van der Waals surface area (Å²) < 4.78 is 33.1. The molecule has 4 rings (SSSR count). The molecule has 0 radical (unpaired) electrons. The summed E-state index contributed by atoms with van der Waals surface area (Å²) in [6.07, 6.45) is 6.96. The van der Waals surface area contributed by atoms with Crippen LogP contribution in [0.3, 0.4) is 0 Å². The normalized spacial score (nSPS) is 29.8. The van der Waals surface area contributed by atoms with Crippen LogP contribution >= 0.6 is 0 Å². The zero-order valence-electron chi connectivity index (χ0n) is 13.2. The van der Waals surface area contributed by atoms with E-state index in [0.29, 0.717) is 13.2 Å². The van der Waals surface area contributed by atoms with Crippen LogP contribution in [0.4, 0.5) is 5.69 Å². The largest absolute Gasteiger partial charge is 0.375 e. The SMILES string of the molecule is O=S(=O)(C1CC1)N1CCO[C@H]2CCN(c3cccnc3)CC[C@H]21. The van der Waals surface area contributed by atoms with Crippen molar-refractivity contribution in [3.63, 3.8) is 0 Å². The molecule has 0 unspecified atom stereocenters. The topological polar surface area (TPSA) is 62.7 Å². The second-order valence-corrected chi connectivity index (χ2v) is 8.77. The molecule has 1 saturated carbocycles. The van der Waals surface area contributed by atoms with Gasteiger partial charge in [0, 0.05) is 25.8 Å². The maximum Gasteiger partial charge on any atom is 0.217 e. The van der Waals surface area contributed by atoms with Crippen molar-refractivity contribution >= 4 is 15.7 Å². The van der Waals surface area contributed by atoms with Crippen LogP contribution in [0.5, 0.6) is 0 Å². The molecule has 7 heteroatoms. The van der Waals surface area contributed by atoms with Gasteiger partial charge in [0.25, 0.3) is 0 Å². The summed E-state index contributed by atoms with van der Waals surface area (Å²) >= 11 is 0. The van der Waals surface area contributed by atoms with Gasteiger partial charge in [-0.15, -0.1) is 0 Å². The molecule has 2 saturated heterocycles. The van der Waals surface area contributed by atoms with E-state index in [0.717, 1.165) is 44.5 Å². The van der Waals surface area contributed by atoms with Gasteiger partial charge in [-0.05, 0) is 37.8 Å². The van der Waals surface area contributed by atoms with Crippen molar-refractivity contribution in [2.24, 2.45) is 0 Å². The first-order valence-corrected chi connectivity index (χ1v) is 9.94. The van der Waals surface area contributed by atoms with E-state index in [1.54, 1.807) is 10.5 Å². The van der Waals surface area contributed by atoms with Crippen LogP contribution in [0, 0.1) is 0 Å². The maximum atomic E-state index is 12.7. The molecule has 1 aliphatic carbocycles. The average molecular weight is 337 g/mol. The third-order valence-electron chi connectivity index (χ3n) is 5.10. The minimum Gasteiger partial charge on any atom is -0.375 e. The number of nitrogens with zero attached hydrogens (tertiary/aromatic N) is 3. The molecule has 0 spiro atoms. The minimum absolute atomic E-state index is 0.0129. The van der Waals surface area contributed by atoms with Crippen LogP contribution in [0.2, 0.25) is 0 Å². The van der Waals surface area contributed by atoms with Crippen LogP contribution < -0.4 is 4.90 Å². The lowest BCUT2D eigenvalue weighted by Gasteiger charge is -2.39. The van der Waals surface area contributed by atoms with E-state index >= 15 is 0 Å². The van der Waals surface area contributed by atoms with Gasteiger partial charge in [0.15, 0.2) is 0 Å². The van der Waals surface area contributed by atoms with Crippen molar-refractivity contribution in [3.05, 3.63) is 24.5 Å². The summed E-state index contributed by atoms with van der Waals surface area (Å²) in [6.45, 7) is 2.74. The Hall–Kier alpha value is -1.18. The van der Waals surface area contributed by atoms with Gasteiger partial charge in [-0.1, -0.05) is 0 Å². The Bertz CT molecular complexity index is 648. The van der Waals surface area contributed by atoms with E-state index in [-0.39, 0.29) is 17.4 Å². The Morgan fingerprint density at radius 3 is 2.70 bits per heavy atom. The Kier molecular flexibility index (Phi) is 4.03. The number of aromatic nitrogens is 1. The van der Waals surface area contributed by atoms with Gasteiger partial charge in [0.1, 0.15) is 0 Å². The van der Waals surface area contributed by atoms with E-state index in [2.05, 4.69) is 16.0 Å². The van der Waals surface area contributed by atoms with Crippen LogP contribution in [0.1, 0.15) is 25.7 Å². The fraction of sp³-hybridized carbons (Fsp3) is 0.688. The van der Waals surface area contributed by atoms with Crippen LogP contribution in [-0.2, 0) is 14.8 Å². The number of hydrogen-bond acceptors (Lipinski definition) is 5. The van der Waals surface area contributed by atoms with E-state index in [1.165, 1.54) is 0 Å². The first-order valence-electron chi connectivity index (χ1n) is 8.43. The smallest absolute Gasteiger partial charge is 0.217 e. The summed E-state index contributed by atoms with van der Waals surface area (Å²) in [6, 6.07) is 3.98. The number of morpholine rings is 1. The molecule has 1 aromatic rings. The second-order valence-electron chi connectivity index (χ2n) is 6.61. The molecule has 3 aliphatic rings. The second kappa shape index (κ2) is 6.03. The molecule has 0 amide bonds. The molecule has 2 aliphatic heterocycles. The van der Waals surface area contributed by atoms with Crippen LogP contribution in [0.15, 0.2) is 24.5 Å². The summed E-state index contributed by atoms with van der Waals surface area (Å²) in [5.41, 5.74) is 1.10. The lowest BCUT2D eigenvalue weighted by Crippen LogP contribution is -2.54. The maximum absolute atomic E-state index is 12.7. The highest BCUT2D eigenvalue weighted by molar-refractivity contribution is 7.90.